The topological polar surface area (TPSA) is 131 Å². The van der Waals surface area contributed by atoms with Crippen LogP contribution in [0, 0.1) is 10.1 Å². The van der Waals surface area contributed by atoms with E-state index in [1.807, 2.05) is 0 Å². The average molecular weight is 465 g/mol. The molecule has 0 aromatic heterocycles. The molecule has 10 heteroatoms. The molecule has 9 nitrogen and oxygen atoms in total. The summed E-state index contributed by atoms with van der Waals surface area (Å²) >= 11 is 0. The van der Waals surface area contributed by atoms with E-state index in [1.165, 1.54) is 55.6 Å². The second-order valence-corrected chi connectivity index (χ2v) is 8.80. The van der Waals surface area contributed by atoms with Crippen molar-refractivity contribution in [1.29, 1.82) is 0 Å². The fourth-order valence-electron chi connectivity index (χ4n) is 3.24. The van der Waals surface area contributed by atoms with Gasteiger partial charge < -0.3 is 14.7 Å². The van der Waals surface area contributed by atoms with Crippen LogP contribution in [0.2, 0.25) is 0 Å². The Kier molecular flexibility index (Phi) is 5.76. The third-order valence-corrected chi connectivity index (χ3v) is 6.75. The van der Waals surface area contributed by atoms with Crippen LogP contribution in [0.25, 0.3) is 11.5 Å². The lowest BCUT2D eigenvalue weighted by molar-refractivity contribution is -0.384. The highest BCUT2D eigenvalue weighted by Crippen LogP contribution is 2.38. The number of hydrogen-bond donors (Lipinski definition) is 1. The molecule has 168 valence electrons. The first-order chi connectivity index (χ1) is 15.8. The Balaban J connectivity index is 1.93. The van der Waals surface area contributed by atoms with Crippen LogP contribution in [0.4, 0.5) is 5.69 Å². The summed E-state index contributed by atoms with van der Waals surface area (Å²) in [6, 6.07) is 18.9. The normalized spacial score (nSPS) is 14.9. The Bertz CT molecular complexity index is 1360. The third kappa shape index (κ3) is 4.11. The first-order valence-electron chi connectivity index (χ1n) is 9.61. The van der Waals surface area contributed by atoms with Crippen LogP contribution in [-0.2, 0) is 14.7 Å². The minimum atomic E-state index is -4.20. The molecule has 3 aromatic rings. The summed E-state index contributed by atoms with van der Waals surface area (Å²) in [5.41, 5.74) is 2.47. The van der Waals surface area contributed by atoms with Gasteiger partial charge in [-0.1, -0.05) is 36.1 Å². The first kappa shape index (κ1) is 21.9. The van der Waals surface area contributed by atoms with Crippen LogP contribution in [-0.4, -0.2) is 20.5 Å². The number of benzene rings is 3. The van der Waals surface area contributed by atoms with Crippen LogP contribution in [0.5, 0.6) is 5.75 Å². The van der Waals surface area contributed by atoms with E-state index in [1.54, 1.807) is 30.3 Å². The Hall–Kier alpha value is -4.31. The Morgan fingerprint density at radius 1 is 0.970 bits per heavy atom. The number of rotatable bonds is 6. The van der Waals surface area contributed by atoms with Gasteiger partial charge in [-0.05, 0) is 42.0 Å². The number of non-ortho nitro benzene ring substituents is 1. The molecule has 0 unspecified atom stereocenters. The fraction of sp³-hybridized carbons (Fsp3) is 0.0435. The van der Waals surface area contributed by atoms with Crippen LogP contribution in [0.3, 0.4) is 0 Å². The van der Waals surface area contributed by atoms with Crippen molar-refractivity contribution in [2.75, 3.05) is 7.11 Å². The van der Waals surface area contributed by atoms with Gasteiger partial charge in [0, 0.05) is 17.7 Å². The van der Waals surface area contributed by atoms with Gasteiger partial charge in [0.1, 0.15) is 10.7 Å². The molecule has 1 aliphatic rings. The van der Waals surface area contributed by atoms with E-state index in [0.717, 1.165) is 0 Å². The lowest BCUT2D eigenvalue weighted by atomic mass is 10.1. The lowest BCUT2D eigenvalue weighted by Crippen LogP contribution is -2.18. The molecular formula is C23H17N2O7S-. The SMILES string of the molecule is COc1ccc(C([O-])=C2NOC(c3ccc([N+](=O)[O-])cc3)=C2S(=O)(=O)c2ccccc2)cc1. The van der Waals surface area contributed by atoms with Crippen molar-refractivity contribution in [3.05, 3.63) is 111 Å². The van der Waals surface area contributed by atoms with Gasteiger partial charge in [0.25, 0.3) is 5.69 Å². The van der Waals surface area contributed by atoms with E-state index in [9.17, 15) is 23.6 Å². The number of nitro benzene ring substituents is 1. The fourth-order valence-corrected chi connectivity index (χ4v) is 4.80. The molecule has 0 spiro atoms. The van der Waals surface area contributed by atoms with Crippen molar-refractivity contribution in [1.82, 2.24) is 5.48 Å². The molecular weight excluding hydrogens is 448 g/mol. The summed E-state index contributed by atoms with van der Waals surface area (Å²) in [5, 5.41) is 24.2. The van der Waals surface area contributed by atoms with Gasteiger partial charge in [0.15, 0.2) is 5.76 Å². The van der Waals surface area contributed by atoms with Gasteiger partial charge in [-0.2, -0.15) is 0 Å². The summed E-state index contributed by atoms with van der Waals surface area (Å²) in [6.07, 6.45) is 0. The maximum atomic E-state index is 13.6. The number of nitrogens with zero attached hydrogens (tertiary/aromatic N) is 1. The van der Waals surface area contributed by atoms with Crippen LogP contribution < -0.4 is 15.3 Å². The van der Waals surface area contributed by atoms with E-state index in [-0.39, 0.29) is 38.1 Å². The van der Waals surface area contributed by atoms with Gasteiger partial charge >= 0.3 is 0 Å². The Morgan fingerprint density at radius 2 is 1.61 bits per heavy atom. The van der Waals surface area contributed by atoms with Crippen LogP contribution >= 0.6 is 0 Å². The maximum Gasteiger partial charge on any atom is 0.269 e. The number of hydrogen-bond acceptors (Lipinski definition) is 8. The molecule has 0 saturated carbocycles. The van der Waals surface area contributed by atoms with Gasteiger partial charge in [0.2, 0.25) is 9.84 Å². The molecule has 1 N–H and O–H groups in total. The molecule has 4 rings (SSSR count). The van der Waals surface area contributed by atoms with Crippen molar-refractivity contribution >= 4 is 27.0 Å². The minimum Gasteiger partial charge on any atom is -0.871 e. The van der Waals surface area contributed by atoms with Gasteiger partial charge in [0.05, 0.1) is 22.6 Å². The van der Waals surface area contributed by atoms with E-state index in [2.05, 4.69) is 5.48 Å². The molecule has 0 atom stereocenters. The van der Waals surface area contributed by atoms with Gasteiger partial charge in [-0.25, -0.2) is 13.9 Å². The number of sulfone groups is 1. The molecule has 0 radical (unpaired) electrons. The molecule has 1 heterocycles. The highest BCUT2D eigenvalue weighted by molar-refractivity contribution is 7.95. The van der Waals surface area contributed by atoms with Crippen molar-refractivity contribution in [2.45, 2.75) is 4.90 Å². The molecule has 0 bridgehead atoms. The summed E-state index contributed by atoms with van der Waals surface area (Å²) in [4.78, 5) is 15.5. The molecule has 0 amide bonds. The molecule has 0 saturated heterocycles. The molecule has 0 aliphatic carbocycles. The second kappa shape index (κ2) is 8.67. The zero-order valence-corrected chi connectivity index (χ0v) is 18.0. The quantitative estimate of drug-likeness (QED) is 0.334. The summed E-state index contributed by atoms with van der Waals surface area (Å²) < 4.78 is 32.2. The Labute approximate surface area is 189 Å². The second-order valence-electron chi connectivity index (χ2n) is 6.92. The molecule has 3 aromatic carbocycles. The van der Waals surface area contributed by atoms with Gasteiger partial charge in [-0.3, -0.25) is 10.1 Å². The van der Waals surface area contributed by atoms with Crippen molar-refractivity contribution < 1.29 is 28.0 Å². The molecule has 0 fully saturated rings. The van der Waals surface area contributed by atoms with Crippen LogP contribution in [0.1, 0.15) is 11.1 Å². The number of methoxy groups -OCH3 is 1. The van der Waals surface area contributed by atoms with Crippen LogP contribution in [0.15, 0.2) is 94.4 Å². The molecule has 33 heavy (non-hydrogen) atoms. The highest BCUT2D eigenvalue weighted by Gasteiger charge is 2.35. The summed E-state index contributed by atoms with van der Waals surface area (Å²) in [7, 11) is -2.71. The highest BCUT2D eigenvalue weighted by atomic mass is 32.2. The molecule has 1 aliphatic heterocycles. The zero-order valence-electron chi connectivity index (χ0n) is 17.2. The summed E-state index contributed by atoms with van der Waals surface area (Å²) in [6.45, 7) is 0. The average Bonchev–Trinajstić information content (AvgIpc) is 3.30. The monoisotopic (exact) mass is 465 g/mol. The Morgan fingerprint density at radius 3 is 2.18 bits per heavy atom. The van der Waals surface area contributed by atoms with Crippen molar-refractivity contribution in [2.24, 2.45) is 0 Å². The predicted molar refractivity (Wildman–Crippen MR) is 118 cm³/mol. The van der Waals surface area contributed by atoms with E-state index < -0.39 is 20.5 Å². The minimum absolute atomic E-state index is 0.0354. The first-order valence-corrected chi connectivity index (χ1v) is 11.1. The van der Waals surface area contributed by atoms with E-state index in [4.69, 9.17) is 9.57 Å². The number of hydroxylamine groups is 1. The number of ether oxygens (including phenoxy) is 1. The van der Waals surface area contributed by atoms with Crippen molar-refractivity contribution in [3.8, 4) is 5.75 Å². The zero-order chi connectivity index (χ0) is 23.6. The summed E-state index contributed by atoms with van der Waals surface area (Å²) in [5.74, 6) is -0.207. The van der Waals surface area contributed by atoms with E-state index >= 15 is 0 Å². The predicted octanol–water partition coefficient (Wildman–Crippen LogP) is 3.01. The number of nitro groups is 1. The van der Waals surface area contributed by atoms with Gasteiger partial charge in [-0.15, -0.1) is 0 Å². The largest absolute Gasteiger partial charge is 0.871 e. The maximum absolute atomic E-state index is 13.6. The lowest BCUT2D eigenvalue weighted by Gasteiger charge is -2.18. The van der Waals surface area contributed by atoms with E-state index in [0.29, 0.717) is 5.75 Å². The number of nitrogens with one attached hydrogen (secondary N) is 1. The smallest absolute Gasteiger partial charge is 0.269 e. The standard InChI is InChI=1S/C23H18N2O7S/c1-31-18-13-9-15(10-14-18)21(26)20-23(33(29,30)19-5-3-2-4-6-19)22(32-24-20)16-7-11-17(12-8-16)25(27)28/h2-14,24,26H,1H3/p-1. The van der Waals surface area contributed by atoms with Crippen molar-refractivity contribution in [3.63, 3.8) is 0 Å². The third-order valence-electron chi connectivity index (χ3n) is 4.93.